The summed E-state index contributed by atoms with van der Waals surface area (Å²) in [6.45, 7) is 6.49. The summed E-state index contributed by atoms with van der Waals surface area (Å²) in [5.74, 6) is -1.65. The summed E-state index contributed by atoms with van der Waals surface area (Å²) in [4.78, 5) is 51.8. The minimum atomic E-state index is -1.08. The number of imide groups is 1. The van der Waals surface area contributed by atoms with Gasteiger partial charge in [-0.2, -0.15) is 0 Å². The van der Waals surface area contributed by atoms with E-state index in [9.17, 15) is 19.2 Å². The number of para-hydroxylation sites is 1. The molecule has 8 nitrogen and oxygen atoms in total. The van der Waals surface area contributed by atoms with E-state index in [1.54, 1.807) is 4.90 Å². The Morgan fingerprint density at radius 3 is 2.62 bits per heavy atom. The molecule has 1 aromatic rings. The molecule has 2 aliphatic rings. The van der Waals surface area contributed by atoms with Gasteiger partial charge >= 0.3 is 12.0 Å². The van der Waals surface area contributed by atoms with Crippen LogP contribution < -0.4 is 10.2 Å². The fraction of sp³-hybridized carbons (Fsp3) is 0.524. The first-order chi connectivity index (χ1) is 13.8. The minimum Gasteiger partial charge on any atom is -0.452 e. The summed E-state index contributed by atoms with van der Waals surface area (Å²) in [7, 11) is 0. The van der Waals surface area contributed by atoms with E-state index in [1.807, 2.05) is 24.3 Å². The molecule has 0 spiro atoms. The molecule has 0 aromatic heterocycles. The maximum atomic E-state index is 12.6. The molecule has 0 aliphatic carbocycles. The van der Waals surface area contributed by atoms with Crippen molar-refractivity contribution in [1.29, 1.82) is 0 Å². The molecule has 2 saturated heterocycles. The lowest BCUT2D eigenvalue weighted by Gasteiger charge is -2.23. The Hall–Kier alpha value is -2.90. The van der Waals surface area contributed by atoms with Crippen molar-refractivity contribution in [2.24, 2.45) is 5.92 Å². The van der Waals surface area contributed by atoms with Crippen molar-refractivity contribution in [2.45, 2.75) is 45.6 Å². The number of carbonyl (C=O) groups is 4. The highest BCUT2D eigenvalue weighted by Gasteiger charge is 2.39. The molecule has 2 heterocycles. The van der Waals surface area contributed by atoms with E-state index in [1.165, 1.54) is 6.92 Å². The first-order valence-corrected chi connectivity index (χ1v) is 10.0. The van der Waals surface area contributed by atoms with Gasteiger partial charge in [0.25, 0.3) is 5.91 Å². The first kappa shape index (κ1) is 20.8. The lowest BCUT2D eigenvalue weighted by molar-refractivity contribution is -0.160. The molecule has 2 aliphatic heterocycles. The van der Waals surface area contributed by atoms with Crippen LogP contribution in [0.5, 0.6) is 0 Å². The lowest BCUT2D eigenvalue weighted by Crippen LogP contribution is -2.42. The standard InChI is InChI=1S/C21H27N3O5/c1-4-13(2)16-7-5-6-8-17(16)24-12-15(11-18(24)25)20(27)29-14(3)19(26)23-10-9-22-21(23)28/h5-8,13-15H,4,9-12H2,1-3H3,(H,22,28)/t13-,14-,15-/m0/s1. The van der Waals surface area contributed by atoms with E-state index >= 15 is 0 Å². The lowest BCUT2D eigenvalue weighted by atomic mass is 9.96. The number of nitrogens with zero attached hydrogens (tertiary/aromatic N) is 2. The fourth-order valence-electron chi connectivity index (χ4n) is 3.69. The minimum absolute atomic E-state index is 0.0405. The first-order valence-electron chi connectivity index (χ1n) is 10.0. The smallest absolute Gasteiger partial charge is 0.324 e. The van der Waals surface area contributed by atoms with Gasteiger partial charge in [-0.05, 0) is 30.9 Å². The second-order valence-corrected chi connectivity index (χ2v) is 7.57. The van der Waals surface area contributed by atoms with Crippen LogP contribution in [-0.2, 0) is 19.1 Å². The van der Waals surface area contributed by atoms with Crippen LogP contribution in [0, 0.1) is 5.92 Å². The Kier molecular flexibility index (Phi) is 6.20. The van der Waals surface area contributed by atoms with E-state index in [0.29, 0.717) is 6.54 Å². The molecule has 4 amide bonds. The SMILES string of the molecule is CC[C@H](C)c1ccccc1N1C[C@@H](C(=O)O[C@@H](C)C(=O)N2CCNC2=O)CC1=O. The highest BCUT2D eigenvalue weighted by atomic mass is 16.5. The van der Waals surface area contributed by atoms with Crippen molar-refractivity contribution in [2.75, 3.05) is 24.5 Å². The number of nitrogens with one attached hydrogen (secondary N) is 1. The van der Waals surface area contributed by atoms with Gasteiger partial charge in [-0.15, -0.1) is 0 Å². The number of anilines is 1. The Labute approximate surface area is 170 Å². The maximum absolute atomic E-state index is 12.6. The van der Waals surface area contributed by atoms with Gasteiger partial charge in [0, 0.05) is 31.7 Å². The van der Waals surface area contributed by atoms with Crippen LogP contribution in [-0.4, -0.2) is 54.5 Å². The average Bonchev–Trinajstić information content (AvgIpc) is 3.32. The third-order valence-electron chi connectivity index (χ3n) is 5.59. The zero-order valence-electron chi connectivity index (χ0n) is 17.0. The number of amides is 4. The van der Waals surface area contributed by atoms with E-state index in [0.717, 1.165) is 22.6 Å². The zero-order chi connectivity index (χ0) is 21.1. The molecule has 8 heteroatoms. The van der Waals surface area contributed by atoms with Gasteiger partial charge in [0.1, 0.15) is 0 Å². The Morgan fingerprint density at radius 2 is 1.97 bits per heavy atom. The molecule has 1 N–H and O–H groups in total. The number of esters is 1. The molecule has 2 fully saturated rings. The van der Waals surface area contributed by atoms with Gasteiger partial charge in [-0.3, -0.25) is 19.3 Å². The molecular weight excluding hydrogens is 374 g/mol. The van der Waals surface area contributed by atoms with E-state index < -0.39 is 29.9 Å². The van der Waals surface area contributed by atoms with Gasteiger partial charge in [0.2, 0.25) is 5.91 Å². The molecule has 3 rings (SSSR count). The normalized spacial score (nSPS) is 21.1. The highest BCUT2D eigenvalue weighted by Crippen LogP contribution is 2.33. The van der Waals surface area contributed by atoms with Gasteiger partial charge in [-0.25, -0.2) is 4.79 Å². The average molecular weight is 401 g/mol. The number of carbonyl (C=O) groups excluding carboxylic acids is 4. The van der Waals surface area contributed by atoms with Crippen molar-refractivity contribution in [1.82, 2.24) is 10.2 Å². The molecule has 0 bridgehead atoms. The third kappa shape index (κ3) is 4.26. The van der Waals surface area contributed by atoms with Gasteiger partial charge in [0.05, 0.1) is 5.92 Å². The second-order valence-electron chi connectivity index (χ2n) is 7.57. The zero-order valence-corrected chi connectivity index (χ0v) is 17.0. The molecule has 0 unspecified atom stereocenters. The number of urea groups is 1. The van der Waals surface area contributed by atoms with Crippen LogP contribution in [0.25, 0.3) is 0 Å². The molecule has 156 valence electrons. The predicted molar refractivity (Wildman–Crippen MR) is 106 cm³/mol. The van der Waals surface area contributed by atoms with Gasteiger partial charge in [0.15, 0.2) is 6.10 Å². The third-order valence-corrected chi connectivity index (χ3v) is 5.59. The summed E-state index contributed by atoms with van der Waals surface area (Å²) < 4.78 is 5.30. The second kappa shape index (κ2) is 8.63. The summed E-state index contributed by atoms with van der Waals surface area (Å²) >= 11 is 0. The number of hydrogen-bond acceptors (Lipinski definition) is 5. The predicted octanol–water partition coefficient (Wildman–Crippen LogP) is 2.04. The molecule has 1 aromatic carbocycles. The molecule has 3 atom stereocenters. The maximum Gasteiger partial charge on any atom is 0.324 e. The van der Waals surface area contributed by atoms with E-state index in [2.05, 4.69) is 19.2 Å². The van der Waals surface area contributed by atoms with Crippen molar-refractivity contribution < 1.29 is 23.9 Å². The largest absolute Gasteiger partial charge is 0.452 e. The molecule has 29 heavy (non-hydrogen) atoms. The van der Waals surface area contributed by atoms with Crippen LogP contribution in [0.2, 0.25) is 0 Å². The summed E-state index contributed by atoms with van der Waals surface area (Å²) in [6.07, 6.45) is -0.101. The number of ether oxygens (including phenoxy) is 1. The summed E-state index contributed by atoms with van der Waals surface area (Å²) in [5.41, 5.74) is 1.89. The Balaban J connectivity index is 1.66. The van der Waals surface area contributed by atoms with Gasteiger partial charge in [-0.1, -0.05) is 32.0 Å². The van der Waals surface area contributed by atoms with Crippen molar-refractivity contribution >= 4 is 29.5 Å². The summed E-state index contributed by atoms with van der Waals surface area (Å²) in [6, 6.07) is 7.23. The summed E-state index contributed by atoms with van der Waals surface area (Å²) in [5, 5.41) is 2.54. The monoisotopic (exact) mass is 401 g/mol. The number of rotatable bonds is 6. The number of hydrogen-bond donors (Lipinski definition) is 1. The molecular formula is C21H27N3O5. The Bertz CT molecular complexity index is 824. The van der Waals surface area contributed by atoms with Crippen molar-refractivity contribution in [3.63, 3.8) is 0 Å². The Morgan fingerprint density at radius 1 is 1.24 bits per heavy atom. The van der Waals surface area contributed by atoms with Crippen LogP contribution in [0.1, 0.15) is 45.1 Å². The van der Waals surface area contributed by atoms with Crippen LogP contribution in [0.4, 0.5) is 10.5 Å². The van der Waals surface area contributed by atoms with Crippen LogP contribution >= 0.6 is 0 Å². The fourth-order valence-corrected chi connectivity index (χ4v) is 3.69. The quantitative estimate of drug-likeness (QED) is 0.736. The number of benzene rings is 1. The highest BCUT2D eigenvalue weighted by molar-refractivity contribution is 6.01. The van der Waals surface area contributed by atoms with Crippen molar-refractivity contribution in [3.05, 3.63) is 29.8 Å². The molecule has 0 saturated carbocycles. The van der Waals surface area contributed by atoms with E-state index in [4.69, 9.17) is 4.74 Å². The van der Waals surface area contributed by atoms with Crippen LogP contribution in [0.15, 0.2) is 24.3 Å². The van der Waals surface area contributed by atoms with E-state index in [-0.39, 0.29) is 31.3 Å². The van der Waals surface area contributed by atoms with Crippen LogP contribution in [0.3, 0.4) is 0 Å². The topological polar surface area (TPSA) is 96.0 Å². The van der Waals surface area contributed by atoms with Gasteiger partial charge < -0.3 is 15.0 Å². The molecule has 0 radical (unpaired) electrons. The van der Waals surface area contributed by atoms with Crippen molar-refractivity contribution in [3.8, 4) is 0 Å².